The molecule has 0 fully saturated rings. The molecule has 16 heteroatoms. The molecule has 0 aliphatic rings. The number of nitrogens with zero attached hydrogens (tertiary/aromatic N) is 4. The Morgan fingerprint density at radius 3 is 1.24 bits per heavy atom. The maximum atomic E-state index is 12.2. The molecule has 0 aromatic heterocycles. The summed E-state index contributed by atoms with van der Waals surface area (Å²) in [6.45, 7) is 3.45. The van der Waals surface area contributed by atoms with Gasteiger partial charge in [-0.2, -0.15) is 0 Å². The summed E-state index contributed by atoms with van der Waals surface area (Å²) in [5.74, 6) is 1.05. The molecule has 4 rings (SSSR count). The highest BCUT2D eigenvalue weighted by Crippen LogP contribution is 2.49. The van der Waals surface area contributed by atoms with Gasteiger partial charge < -0.3 is 9.47 Å². The van der Waals surface area contributed by atoms with Crippen LogP contribution in [-0.2, 0) is 12.8 Å². The number of hydrogen-bond donors (Lipinski definition) is 0. The molecule has 4 aromatic carbocycles. The van der Waals surface area contributed by atoms with E-state index in [1.54, 1.807) is 24.3 Å². The predicted octanol–water partition coefficient (Wildman–Crippen LogP) is 7.98. The van der Waals surface area contributed by atoms with Crippen LogP contribution in [0.1, 0.15) is 22.3 Å². The van der Waals surface area contributed by atoms with Crippen molar-refractivity contribution in [2.45, 2.75) is 36.5 Å². The number of rotatable bonds is 15. The molecule has 0 aliphatic heterocycles. The average molecular weight is 667 g/mol. The van der Waals surface area contributed by atoms with Gasteiger partial charge >= 0.3 is 0 Å². The molecule has 0 atom stereocenters. The molecule has 0 saturated heterocycles. The molecule has 0 saturated carbocycles. The Morgan fingerprint density at radius 1 is 0.543 bits per heavy atom. The van der Waals surface area contributed by atoms with Crippen LogP contribution in [0.15, 0.2) is 82.6 Å². The maximum absolute atomic E-state index is 12.2. The SMILES string of the molecule is Cc1ccccc1OCCc1c([N+](=O)[O-])ccc(SSc2ccc([N+](=O)[O-])c(CCOc3ccccc3C)c2[N+](=O)[O-])c1[N+](=O)[O-]. The highest BCUT2D eigenvalue weighted by atomic mass is 33.1. The Labute approximate surface area is 269 Å². The lowest BCUT2D eigenvalue weighted by atomic mass is 10.1. The van der Waals surface area contributed by atoms with Crippen LogP contribution in [0.3, 0.4) is 0 Å². The molecule has 0 amide bonds. The molecule has 0 bridgehead atoms. The summed E-state index contributed by atoms with van der Waals surface area (Å²) in [6.07, 6.45) is -0.328. The Morgan fingerprint density at radius 2 is 0.913 bits per heavy atom. The molecule has 0 spiro atoms. The van der Waals surface area contributed by atoms with Gasteiger partial charge in [0.15, 0.2) is 0 Å². The van der Waals surface area contributed by atoms with E-state index in [9.17, 15) is 40.5 Å². The molecule has 0 aliphatic carbocycles. The number of benzene rings is 4. The van der Waals surface area contributed by atoms with E-state index >= 15 is 0 Å². The Kier molecular flexibility index (Phi) is 11.1. The molecular weight excluding hydrogens is 640 g/mol. The van der Waals surface area contributed by atoms with Crippen LogP contribution in [-0.4, -0.2) is 32.9 Å². The maximum Gasteiger partial charge on any atom is 0.293 e. The highest BCUT2D eigenvalue weighted by molar-refractivity contribution is 8.76. The third-order valence-electron chi connectivity index (χ3n) is 6.83. The van der Waals surface area contributed by atoms with Crippen molar-refractivity contribution in [1.82, 2.24) is 0 Å². The first-order valence-electron chi connectivity index (χ1n) is 13.6. The second-order valence-electron chi connectivity index (χ2n) is 9.74. The zero-order chi connectivity index (χ0) is 33.4. The van der Waals surface area contributed by atoms with Crippen molar-refractivity contribution in [2.75, 3.05) is 13.2 Å². The molecule has 46 heavy (non-hydrogen) atoms. The van der Waals surface area contributed by atoms with Crippen LogP contribution < -0.4 is 9.47 Å². The van der Waals surface area contributed by atoms with Crippen molar-refractivity contribution < 1.29 is 29.2 Å². The monoisotopic (exact) mass is 666 g/mol. The minimum absolute atomic E-state index is 0.00331. The van der Waals surface area contributed by atoms with Crippen molar-refractivity contribution in [3.63, 3.8) is 0 Å². The summed E-state index contributed by atoms with van der Waals surface area (Å²) in [4.78, 5) is 45.2. The summed E-state index contributed by atoms with van der Waals surface area (Å²) >= 11 is 0. The zero-order valence-electron chi connectivity index (χ0n) is 24.4. The molecule has 0 N–H and O–H groups in total. The van der Waals surface area contributed by atoms with Crippen LogP contribution in [0.4, 0.5) is 22.7 Å². The standard InChI is InChI=1S/C30H26N4O10S2/c1-19-7-3-5-9-25(19)43-17-15-21-23(31(35)36)11-13-27(29(21)33(39)40)45-46-28-14-12-24(32(37)38)22(30(28)34(41)42)16-18-44-26-10-6-4-8-20(26)2/h3-14H,15-18H2,1-2H3. The van der Waals surface area contributed by atoms with E-state index in [0.717, 1.165) is 44.8 Å². The molecule has 0 radical (unpaired) electrons. The van der Waals surface area contributed by atoms with Gasteiger partial charge in [-0.1, -0.05) is 36.4 Å². The topological polar surface area (TPSA) is 191 Å². The predicted molar refractivity (Wildman–Crippen MR) is 172 cm³/mol. The molecule has 0 heterocycles. The van der Waals surface area contributed by atoms with Crippen molar-refractivity contribution in [3.05, 3.63) is 136 Å². The lowest BCUT2D eigenvalue weighted by Gasteiger charge is -2.12. The van der Waals surface area contributed by atoms with E-state index in [2.05, 4.69) is 0 Å². The number of aryl methyl sites for hydroxylation is 2. The van der Waals surface area contributed by atoms with E-state index in [4.69, 9.17) is 9.47 Å². The third kappa shape index (κ3) is 7.89. The van der Waals surface area contributed by atoms with E-state index in [1.807, 2.05) is 38.1 Å². The molecule has 4 aromatic rings. The summed E-state index contributed by atoms with van der Waals surface area (Å²) in [6, 6.07) is 18.9. The summed E-state index contributed by atoms with van der Waals surface area (Å²) in [7, 11) is 1.56. The minimum atomic E-state index is -0.739. The fourth-order valence-electron chi connectivity index (χ4n) is 4.63. The van der Waals surface area contributed by atoms with E-state index < -0.39 is 42.4 Å². The fourth-order valence-corrected chi connectivity index (χ4v) is 6.96. The summed E-state index contributed by atoms with van der Waals surface area (Å²) in [5, 5.41) is 48.1. The van der Waals surface area contributed by atoms with Crippen molar-refractivity contribution in [1.29, 1.82) is 0 Å². The van der Waals surface area contributed by atoms with Gasteiger partial charge in [-0.3, -0.25) is 40.5 Å². The first-order valence-corrected chi connectivity index (χ1v) is 15.7. The molecule has 14 nitrogen and oxygen atoms in total. The van der Waals surface area contributed by atoms with Gasteiger partial charge in [-0.25, -0.2) is 0 Å². The van der Waals surface area contributed by atoms with Gasteiger partial charge in [0.25, 0.3) is 22.7 Å². The van der Waals surface area contributed by atoms with Gasteiger partial charge in [0, 0.05) is 25.0 Å². The van der Waals surface area contributed by atoms with Gasteiger partial charge in [0.1, 0.15) is 22.6 Å². The van der Waals surface area contributed by atoms with Gasteiger partial charge in [0.05, 0.1) is 42.7 Å². The fraction of sp³-hybridized carbons (Fsp3) is 0.200. The highest BCUT2D eigenvalue weighted by Gasteiger charge is 2.32. The van der Waals surface area contributed by atoms with Crippen LogP contribution in [0.25, 0.3) is 0 Å². The Hall–Kier alpha value is -5.22. The van der Waals surface area contributed by atoms with Crippen molar-refractivity contribution in [2.24, 2.45) is 0 Å². The van der Waals surface area contributed by atoms with Gasteiger partial charge in [-0.05, 0) is 70.8 Å². The molecule has 0 unspecified atom stereocenters. The van der Waals surface area contributed by atoms with E-state index in [0.29, 0.717) is 11.5 Å². The number of hydrogen-bond acceptors (Lipinski definition) is 12. The molecular formula is C30H26N4O10S2. The number of nitro groups is 4. The first kappa shape index (κ1) is 33.7. The Bertz CT molecular complexity index is 1690. The quantitative estimate of drug-likeness (QED) is 0.0676. The summed E-state index contributed by atoms with van der Waals surface area (Å²) in [5.41, 5.74) is -0.690. The van der Waals surface area contributed by atoms with Crippen LogP contribution in [0.5, 0.6) is 11.5 Å². The van der Waals surface area contributed by atoms with Crippen molar-refractivity contribution in [3.8, 4) is 11.5 Å². The van der Waals surface area contributed by atoms with E-state index in [1.165, 1.54) is 12.1 Å². The normalized spacial score (nSPS) is 10.7. The second-order valence-corrected chi connectivity index (χ2v) is 12.0. The van der Waals surface area contributed by atoms with Crippen molar-refractivity contribution >= 4 is 44.3 Å². The minimum Gasteiger partial charge on any atom is -0.493 e. The largest absolute Gasteiger partial charge is 0.493 e. The lowest BCUT2D eigenvalue weighted by molar-refractivity contribution is -0.397. The third-order valence-corrected chi connectivity index (χ3v) is 9.26. The smallest absolute Gasteiger partial charge is 0.293 e. The Balaban J connectivity index is 1.64. The van der Waals surface area contributed by atoms with E-state index in [-0.39, 0.29) is 47.0 Å². The molecule has 238 valence electrons. The average Bonchev–Trinajstić information content (AvgIpc) is 3.01. The zero-order valence-corrected chi connectivity index (χ0v) is 26.1. The lowest BCUT2D eigenvalue weighted by Crippen LogP contribution is -2.08. The number of nitro benzene ring substituents is 4. The van der Waals surface area contributed by atoms with Gasteiger partial charge in [0.2, 0.25) is 0 Å². The van der Waals surface area contributed by atoms with Crippen LogP contribution >= 0.6 is 21.6 Å². The number of ether oxygens (including phenoxy) is 2. The van der Waals surface area contributed by atoms with Crippen LogP contribution in [0.2, 0.25) is 0 Å². The number of para-hydroxylation sites is 2. The summed E-state index contributed by atoms with van der Waals surface area (Å²) < 4.78 is 11.5. The van der Waals surface area contributed by atoms with Crippen LogP contribution in [0, 0.1) is 54.3 Å². The van der Waals surface area contributed by atoms with Gasteiger partial charge in [-0.15, -0.1) is 0 Å². The first-order chi connectivity index (χ1) is 22.0. The second kappa shape index (κ2) is 15.2.